The van der Waals surface area contributed by atoms with Crippen molar-refractivity contribution in [3.8, 4) is 22.6 Å². The third-order valence-electron chi connectivity index (χ3n) is 4.97. The Hall–Kier alpha value is -4.00. The molecule has 1 unspecified atom stereocenters. The Bertz CT molecular complexity index is 1260. The minimum Gasteiger partial charge on any atom is -0.493 e. The van der Waals surface area contributed by atoms with Crippen molar-refractivity contribution in [2.45, 2.75) is 19.4 Å². The number of benzene rings is 2. The summed E-state index contributed by atoms with van der Waals surface area (Å²) in [6, 6.07) is 17.7. The number of carbonyl (C=O) groups is 1. The van der Waals surface area contributed by atoms with E-state index in [-0.39, 0.29) is 18.6 Å². The highest BCUT2D eigenvalue weighted by molar-refractivity contribution is 5.86. The predicted molar refractivity (Wildman–Crippen MR) is 120 cm³/mol. The molecule has 32 heavy (non-hydrogen) atoms. The minimum atomic E-state index is -0.458. The summed E-state index contributed by atoms with van der Waals surface area (Å²) in [6.45, 7) is 1.79. The Morgan fingerprint density at radius 3 is 2.62 bits per heavy atom. The van der Waals surface area contributed by atoms with Crippen molar-refractivity contribution >= 4 is 16.9 Å². The molecule has 0 aliphatic heterocycles. The van der Waals surface area contributed by atoms with Gasteiger partial charge in [0.25, 0.3) is 5.91 Å². The van der Waals surface area contributed by atoms with E-state index in [1.165, 1.54) is 7.11 Å². The van der Waals surface area contributed by atoms with Gasteiger partial charge in [-0.1, -0.05) is 24.3 Å². The molecule has 0 radical (unpaired) electrons. The fraction of sp³-hybridized carbons (Fsp3) is 0.200. The van der Waals surface area contributed by atoms with Gasteiger partial charge in [-0.2, -0.15) is 0 Å². The van der Waals surface area contributed by atoms with Crippen LogP contribution in [0.1, 0.15) is 12.7 Å². The van der Waals surface area contributed by atoms with Crippen molar-refractivity contribution < 1.29 is 23.1 Å². The molecule has 0 spiro atoms. The van der Waals surface area contributed by atoms with Crippen LogP contribution in [0.3, 0.4) is 0 Å². The number of nitrogens with one attached hydrogen (secondary N) is 1. The van der Waals surface area contributed by atoms with Gasteiger partial charge in [0.1, 0.15) is 11.5 Å². The maximum atomic E-state index is 12.5. The number of para-hydroxylation sites is 1. The first-order chi connectivity index (χ1) is 15.5. The SMILES string of the molecule is COc1cccc2cc(-c3ccc(OCC(=O)NC(C)Cc4ccco4)cc3)c(=O)oc12. The molecule has 7 nitrogen and oxygen atoms in total. The molecule has 164 valence electrons. The smallest absolute Gasteiger partial charge is 0.344 e. The van der Waals surface area contributed by atoms with Crippen LogP contribution in [0.5, 0.6) is 11.5 Å². The topological polar surface area (TPSA) is 90.9 Å². The van der Waals surface area contributed by atoms with E-state index in [9.17, 15) is 9.59 Å². The lowest BCUT2D eigenvalue weighted by Gasteiger charge is -2.13. The summed E-state index contributed by atoms with van der Waals surface area (Å²) in [5.74, 6) is 1.62. The molecule has 0 bridgehead atoms. The minimum absolute atomic E-state index is 0.0784. The lowest BCUT2D eigenvalue weighted by molar-refractivity contribution is -0.123. The van der Waals surface area contributed by atoms with E-state index in [0.717, 1.165) is 11.1 Å². The average molecular weight is 433 g/mol. The molecule has 2 aromatic heterocycles. The zero-order chi connectivity index (χ0) is 22.5. The summed E-state index contributed by atoms with van der Waals surface area (Å²) in [7, 11) is 1.53. The number of furan rings is 1. The van der Waals surface area contributed by atoms with Gasteiger partial charge in [0.15, 0.2) is 17.9 Å². The van der Waals surface area contributed by atoms with Gasteiger partial charge in [0.2, 0.25) is 0 Å². The van der Waals surface area contributed by atoms with Gasteiger partial charge in [0, 0.05) is 17.8 Å². The van der Waals surface area contributed by atoms with Crippen LogP contribution >= 0.6 is 0 Å². The molecule has 0 saturated heterocycles. The highest BCUT2D eigenvalue weighted by atomic mass is 16.5. The molecule has 1 amide bonds. The first-order valence-electron chi connectivity index (χ1n) is 10.2. The molecule has 1 atom stereocenters. The van der Waals surface area contributed by atoms with E-state index in [1.807, 2.05) is 31.2 Å². The van der Waals surface area contributed by atoms with Crippen LogP contribution in [0.2, 0.25) is 0 Å². The lowest BCUT2D eigenvalue weighted by Crippen LogP contribution is -2.37. The quantitative estimate of drug-likeness (QED) is 0.419. The maximum absolute atomic E-state index is 12.5. The van der Waals surface area contributed by atoms with E-state index in [0.29, 0.717) is 34.6 Å². The van der Waals surface area contributed by atoms with Crippen LogP contribution in [-0.4, -0.2) is 25.7 Å². The molecular formula is C25H23NO6. The van der Waals surface area contributed by atoms with Crippen molar-refractivity contribution in [3.05, 3.63) is 83.1 Å². The number of hydrogen-bond acceptors (Lipinski definition) is 6. The van der Waals surface area contributed by atoms with Gasteiger partial charge < -0.3 is 23.6 Å². The molecule has 0 aliphatic rings. The van der Waals surface area contributed by atoms with Gasteiger partial charge >= 0.3 is 5.63 Å². The average Bonchev–Trinajstić information content (AvgIpc) is 3.30. The fourth-order valence-electron chi connectivity index (χ4n) is 3.46. The summed E-state index contributed by atoms with van der Waals surface area (Å²) in [4.78, 5) is 24.6. The van der Waals surface area contributed by atoms with Gasteiger partial charge in [-0.3, -0.25) is 4.79 Å². The largest absolute Gasteiger partial charge is 0.493 e. The second-order valence-electron chi connectivity index (χ2n) is 7.39. The van der Waals surface area contributed by atoms with Crippen LogP contribution < -0.4 is 20.4 Å². The fourth-order valence-corrected chi connectivity index (χ4v) is 3.46. The van der Waals surface area contributed by atoms with E-state index in [2.05, 4.69) is 5.32 Å². The number of hydrogen-bond donors (Lipinski definition) is 1. The van der Waals surface area contributed by atoms with Crippen molar-refractivity contribution in [1.29, 1.82) is 0 Å². The summed E-state index contributed by atoms with van der Waals surface area (Å²) in [6.07, 6.45) is 2.21. The van der Waals surface area contributed by atoms with E-state index in [4.69, 9.17) is 18.3 Å². The highest BCUT2D eigenvalue weighted by Gasteiger charge is 2.12. The first-order valence-corrected chi connectivity index (χ1v) is 10.2. The Morgan fingerprint density at radius 2 is 1.91 bits per heavy atom. The Morgan fingerprint density at radius 1 is 1.09 bits per heavy atom. The van der Waals surface area contributed by atoms with Gasteiger partial charge in [-0.25, -0.2) is 4.79 Å². The molecule has 0 saturated carbocycles. The number of fused-ring (bicyclic) bond motifs is 1. The summed E-state index contributed by atoms with van der Waals surface area (Å²) < 4.78 is 21.6. The number of amides is 1. The van der Waals surface area contributed by atoms with Crippen molar-refractivity contribution in [2.24, 2.45) is 0 Å². The molecular weight excluding hydrogens is 410 g/mol. The van der Waals surface area contributed by atoms with Crippen molar-refractivity contribution in [1.82, 2.24) is 5.32 Å². The lowest BCUT2D eigenvalue weighted by atomic mass is 10.1. The molecule has 2 aromatic carbocycles. The first kappa shape index (κ1) is 21.2. The van der Waals surface area contributed by atoms with Crippen LogP contribution in [0.25, 0.3) is 22.1 Å². The van der Waals surface area contributed by atoms with Gasteiger partial charge in [-0.05, 0) is 48.9 Å². The number of carbonyl (C=O) groups excluding carboxylic acids is 1. The van der Waals surface area contributed by atoms with Crippen LogP contribution in [0, 0.1) is 0 Å². The molecule has 2 heterocycles. The molecule has 7 heteroatoms. The third-order valence-corrected chi connectivity index (χ3v) is 4.97. The Labute approximate surface area is 184 Å². The Balaban J connectivity index is 1.39. The normalized spacial score (nSPS) is 11.8. The van der Waals surface area contributed by atoms with E-state index < -0.39 is 5.63 Å². The molecule has 0 fully saturated rings. The van der Waals surface area contributed by atoms with Crippen LogP contribution in [-0.2, 0) is 11.2 Å². The molecule has 0 aliphatic carbocycles. The third kappa shape index (κ3) is 4.83. The summed E-state index contributed by atoms with van der Waals surface area (Å²) >= 11 is 0. The number of methoxy groups -OCH3 is 1. The summed E-state index contributed by atoms with van der Waals surface area (Å²) in [5.41, 5.74) is 1.07. The Kier molecular flexibility index (Phi) is 6.26. The molecule has 4 rings (SSSR count). The summed E-state index contributed by atoms with van der Waals surface area (Å²) in [5, 5.41) is 3.64. The maximum Gasteiger partial charge on any atom is 0.344 e. The molecule has 4 aromatic rings. The van der Waals surface area contributed by atoms with Crippen molar-refractivity contribution in [2.75, 3.05) is 13.7 Å². The van der Waals surface area contributed by atoms with E-state index >= 15 is 0 Å². The predicted octanol–water partition coefficient (Wildman–Crippen LogP) is 4.19. The highest BCUT2D eigenvalue weighted by Crippen LogP contribution is 2.28. The number of ether oxygens (including phenoxy) is 2. The van der Waals surface area contributed by atoms with Crippen LogP contribution in [0.4, 0.5) is 0 Å². The monoisotopic (exact) mass is 433 g/mol. The van der Waals surface area contributed by atoms with Crippen LogP contribution in [0.15, 0.2) is 80.6 Å². The van der Waals surface area contributed by atoms with Crippen molar-refractivity contribution in [3.63, 3.8) is 0 Å². The van der Waals surface area contributed by atoms with Gasteiger partial charge in [-0.15, -0.1) is 0 Å². The zero-order valence-corrected chi connectivity index (χ0v) is 17.8. The zero-order valence-electron chi connectivity index (χ0n) is 17.8. The van der Waals surface area contributed by atoms with Gasteiger partial charge in [0.05, 0.1) is 18.9 Å². The second kappa shape index (κ2) is 9.43. The molecule has 1 N–H and O–H groups in total. The van der Waals surface area contributed by atoms with E-state index in [1.54, 1.807) is 42.7 Å². The second-order valence-corrected chi connectivity index (χ2v) is 7.39. The number of rotatable bonds is 8. The standard InChI is InChI=1S/C25H23NO6/c1-16(13-20-6-4-12-30-20)26-23(27)15-31-19-10-8-17(9-11-19)21-14-18-5-3-7-22(29-2)24(18)32-25(21)28/h3-12,14,16H,13,15H2,1-2H3,(H,26,27).